The summed E-state index contributed by atoms with van der Waals surface area (Å²) in [6.45, 7) is 4.37. The van der Waals surface area contributed by atoms with Crippen molar-refractivity contribution in [3.05, 3.63) is 52.0 Å². The number of nitrogens with one attached hydrogen (secondary N) is 1. The first-order chi connectivity index (χ1) is 12.1. The SMILES string of the molecule is CC[C@@H](C)N1C(=O)c2ccccc2N[C@@H]1c1cc(Br)c2c(c1)OCO2. The van der Waals surface area contributed by atoms with Gasteiger partial charge in [0.1, 0.15) is 6.17 Å². The van der Waals surface area contributed by atoms with E-state index in [1.807, 2.05) is 41.3 Å². The van der Waals surface area contributed by atoms with E-state index in [2.05, 4.69) is 35.1 Å². The quantitative estimate of drug-likeness (QED) is 0.818. The highest BCUT2D eigenvalue weighted by molar-refractivity contribution is 9.10. The lowest BCUT2D eigenvalue weighted by Crippen LogP contribution is -2.47. The van der Waals surface area contributed by atoms with Crippen molar-refractivity contribution >= 4 is 27.5 Å². The minimum Gasteiger partial charge on any atom is -0.454 e. The predicted molar refractivity (Wildman–Crippen MR) is 99.0 cm³/mol. The number of fused-ring (bicyclic) bond motifs is 2. The molecule has 0 saturated heterocycles. The average Bonchev–Trinajstić information content (AvgIpc) is 3.10. The number of carbonyl (C=O) groups is 1. The second-order valence-corrected chi connectivity index (χ2v) is 7.15. The highest BCUT2D eigenvalue weighted by Gasteiger charge is 2.36. The second-order valence-electron chi connectivity index (χ2n) is 6.30. The number of halogens is 1. The lowest BCUT2D eigenvalue weighted by atomic mass is 10.0. The number of ether oxygens (including phenoxy) is 2. The third-order valence-corrected chi connectivity index (χ3v) is 5.38. The molecular weight excluding hydrogens is 384 g/mol. The Hall–Kier alpha value is -2.21. The zero-order valence-electron chi connectivity index (χ0n) is 14.1. The van der Waals surface area contributed by atoms with Crippen LogP contribution in [0.4, 0.5) is 5.69 Å². The number of para-hydroxylation sites is 1. The van der Waals surface area contributed by atoms with Crippen molar-refractivity contribution in [3.63, 3.8) is 0 Å². The Morgan fingerprint density at radius 2 is 2.12 bits per heavy atom. The molecule has 0 spiro atoms. The normalized spacial score (nSPS) is 19.4. The topological polar surface area (TPSA) is 50.8 Å². The van der Waals surface area contributed by atoms with Crippen LogP contribution in [-0.4, -0.2) is 23.6 Å². The molecule has 4 rings (SSSR count). The van der Waals surface area contributed by atoms with Crippen LogP contribution in [0.3, 0.4) is 0 Å². The zero-order chi connectivity index (χ0) is 17.6. The fourth-order valence-electron chi connectivity index (χ4n) is 3.31. The van der Waals surface area contributed by atoms with Crippen molar-refractivity contribution in [1.82, 2.24) is 4.90 Å². The van der Waals surface area contributed by atoms with Gasteiger partial charge in [-0.1, -0.05) is 19.1 Å². The molecule has 0 aliphatic carbocycles. The number of rotatable bonds is 3. The Labute approximate surface area is 155 Å². The van der Waals surface area contributed by atoms with Crippen molar-refractivity contribution in [3.8, 4) is 11.5 Å². The fraction of sp³-hybridized carbons (Fsp3) is 0.316. The summed E-state index contributed by atoms with van der Waals surface area (Å²) in [7, 11) is 0. The van der Waals surface area contributed by atoms with Gasteiger partial charge in [-0.05, 0) is 59.1 Å². The van der Waals surface area contributed by atoms with Crippen LogP contribution < -0.4 is 14.8 Å². The molecule has 2 atom stereocenters. The molecule has 0 unspecified atom stereocenters. The molecule has 0 saturated carbocycles. The first-order valence-electron chi connectivity index (χ1n) is 8.37. The summed E-state index contributed by atoms with van der Waals surface area (Å²) in [6.07, 6.45) is 0.612. The van der Waals surface area contributed by atoms with E-state index in [0.717, 1.165) is 22.1 Å². The van der Waals surface area contributed by atoms with E-state index >= 15 is 0 Å². The van der Waals surface area contributed by atoms with Crippen LogP contribution >= 0.6 is 15.9 Å². The molecule has 2 heterocycles. The van der Waals surface area contributed by atoms with Gasteiger partial charge in [0.25, 0.3) is 5.91 Å². The first-order valence-corrected chi connectivity index (χ1v) is 9.16. The van der Waals surface area contributed by atoms with Gasteiger partial charge in [-0.3, -0.25) is 4.79 Å². The van der Waals surface area contributed by atoms with Crippen molar-refractivity contribution < 1.29 is 14.3 Å². The maximum Gasteiger partial charge on any atom is 0.258 e. The third kappa shape index (κ3) is 2.65. The molecule has 1 amide bonds. The van der Waals surface area contributed by atoms with Gasteiger partial charge in [0.05, 0.1) is 10.0 Å². The molecule has 2 aromatic rings. The van der Waals surface area contributed by atoms with Crippen molar-refractivity contribution in [1.29, 1.82) is 0 Å². The van der Waals surface area contributed by atoms with E-state index in [9.17, 15) is 4.79 Å². The van der Waals surface area contributed by atoms with Gasteiger partial charge >= 0.3 is 0 Å². The van der Waals surface area contributed by atoms with E-state index < -0.39 is 0 Å². The maximum absolute atomic E-state index is 13.1. The van der Waals surface area contributed by atoms with Crippen LogP contribution in [-0.2, 0) is 0 Å². The molecule has 0 fully saturated rings. The summed E-state index contributed by atoms with van der Waals surface area (Å²) < 4.78 is 11.8. The summed E-state index contributed by atoms with van der Waals surface area (Å²) in [5, 5.41) is 3.52. The monoisotopic (exact) mass is 402 g/mol. The van der Waals surface area contributed by atoms with Crippen LogP contribution in [0.15, 0.2) is 40.9 Å². The third-order valence-electron chi connectivity index (χ3n) is 4.79. The lowest BCUT2D eigenvalue weighted by Gasteiger charge is -2.41. The molecule has 0 radical (unpaired) electrons. The number of hydrogen-bond acceptors (Lipinski definition) is 4. The number of hydrogen-bond donors (Lipinski definition) is 1. The van der Waals surface area contributed by atoms with E-state index in [1.165, 1.54) is 0 Å². The largest absolute Gasteiger partial charge is 0.454 e. The van der Waals surface area contributed by atoms with Gasteiger partial charge in [0.2, 0.25) is 6.79 Å². The summed E-state index contributed by atoms with van der Waals surface area (Å²) in [6, 6.07) is 11.7. The van der Waals surface area contributed by atoms with Crippen LogP contribution in [0.25, 0.3) is 0 Å². The Kier molecular flexibility index (Phi) is 4.07. The molecule has 0 aromatic heterocycles. The van der Waals surface area contributed by atoms with E-state index in [0.29, 0.717) is 17.1 Å². The smallest absolute Gasteiger partial charge is 0.258 e. The van der Waals surface area contributed by atoms with Gasteiger partial charge in [-0.25, -0.2) is 0 Å². The molecule has 6 heteroatoms. The maximum atomic E-state index is 13.1. The number of anilines is 1. The van der Waals surface area contributed by atoms with Gasteiger partial charge in [0.15, 0.2) is 11.5 Å². The Balaban J connectivity index is 1.82. The minimum absolute atomic E-state index is 0.0440. The highest BCUT2D eigenvalue weighted by Crippen LogP contribution is 2.43. The summed E-state index contributed by atoms with van der Waals surface area (Å²) >= 11 is 3.55. The summed E-state index contributed by atoms with van der Waals surface area (Å²) in [5.41, 5.74) is 2.52. The zero-order valence-corrected chi connectivity index (χ0v) is 15.7. The molecule has 5 nitrogen and oxygen atoms in total. The van der Waals surface area contributed by atoms with Crippen LogP contribution in [0.1, 0.15) is 42.4 Å². The van der Waals surface area contributed by atoms with Crippen molar-refractivity contribution in [2.45, 2.75) is 32.5 Å². The fourth-order valence-corrected chi connectivity index (χ4v) is 3.88. The Morgan fingerprint density at radius 3 is 2.92 bits per heavy atom. The number of carbonyl (C=O) groups excluding carboxylic acids is 1. The average molecular weight is 403 g/mol. The van der Waals surface area contributed by atoms with Crippen LogP contribution in [0, 0.1) is 0 Å². The standard InChI is InChI=1S/C19H19BrN2O3/c1-3-11(2)22-18(21-15-7-5-4-6-13(15)19(22)23)12-8-14(20)17-16(9-12)24-10-25-17/h4-9,11,18,21H,3,10H2,1-2H3/t11-,18+/m1/s1. The lowest BCUT2D eigenvalue weighted by molar-refractivity contribution is 0.0593. The predicted octanol–water partition coefficient (Wildman–Crippen LogP) is 4.54. The van der Waals surface area contributed by atoms with Gasteiger partial charge in [-0.2, -0.15) is 0 Å². The number of amides is 1. The molecule has 0 bridgehead atoms. The molecular formula is C19H19BrN2O3. The molecule has 130 valence electrons. The molecule has 2 aromatic carbocycles. The molecule has 2 aliphatic heterocycles. The number of nitrogens with zero attached hydrogens (tertiary/aromatic N) is 1. The summed E-state index contributed by atoms with van der Waals surface area (Å²) in [5.74, 6) is 1.45. The second kappa shape index (κ2) is 6.26. The van der Waals surface area contributed by atoms with Crippen LogP contribution in [0.2, 0.25) is 0 Å². The minimum atomic E-state index is -0.261. The van der Waals surface area contributed by atoms with E-state index in [4.69, 9.17) is 9.47 Å². The Morgan fingerprint density at radius 1 is 1.32 bits per heavy atom. The number of benzene rings is 2. The van der Waals surface area contributed by atoms with E-state index in [-0.39, 0.29) is 24.9 Å². The molecule has 2 aliphatic rings. The van der Waals surface area contributed by atoms with Gasteiger partial charge < -0.3 is 19.7 Å². The van der Waals surface area contributed by atoms with E-state index in [1.54, 1.807) is 0 Å². The Bertz CT molecular complexity index is 839. The summed E-state index contributed by atoms with van der Waals surface area (Å²) in [4.78, 5) is 15.0. The van der Waals surface area contributed by atoms with Gasteiger partial charge in [0, 0.05) is 11.7 Å². The van der Waals surface area contributed by atoms with Crippen LogP contribution in [0.5, 0.6) is 11.5 Å². The van der Waals surface area contributed by atoms with Crippen molar-refractivity contribution in [2.24, 2.45) is 0 Å². The highest BCUT2D eigenvalue weighted by atomic mass is 79.9. The van der Waals surface area contributed by atoms with Gasteiger partial charge in [-0.15, -0.1) is 0 Å². The molecule has 1 N–H and O–H groups in total. The first kappa shape index (κ1) is 16.3. The van der Waals surface area contributed by atoms with Crippen molar-refractivity contribution in [2.75, 3.05) is 12.1 Å². The molecule has 25 heavy (non-hydrogen) atoms.